The van der Waals surface area contributed by atoms with Gasteiger partial charge in [0.15, 0.2) is 0 Å². The minimum absolute atomic E-state index is 0.0418. The van der Waals surface area contributed by atoms with Crippen molar-refractivity contribution in [3.63, 3.8) is 0 Å². The molecule has 0 aliphatic rings. The van der Waals surface area contributed by atoms with Gasteiger partial charge in [0.1, 0.15) is 0 Å². The first kappa shape index (κ1) is 16.4. The fourth-order valence-electron chi connectivity index (χ4n) is 1.82. The highest BCUT2D eigenvalue weighted by Gasteiger charge is 2.15. The number of ether oxygens (including phenoxy) is 1. The van der Waals surface area contributed by atoms with Gasteiger partial charge in [-0.2, -0.15) is 0 Å². The number of rotatable bonds is 8. The quantitative estimate of drug-likeness (QED) is 0.762. The van der Waals surface area contributed by atoms with Crippen molar-refractivity contribution in [2.75, 3.05) is 7.11 Å². The lowest BCUT2D eigenvalue weighted by Gasteiger charge is -2.19. The van der Waals surface area contributed by atoms with Gasteiger partial charge in [0.05, 0.1) is 13.2 Å². The minimum atomic E-state index is -0.224. The normalized spacial score (nSPS) is 12.2. The largest absolute Gasteiger partial charge is 0.481 e. The van der Waals surface area contributed by atoms with E-state index in [1.807, 2.05) is 19.1 Å². The molecule has 1 aromatic rings. The van der Waals surface area contributed by atoms with Gasteiger partial charge in [-0.05, 0) is 25.3 Å². The smallest absolute Gasteiger partial charge is 0.237 e. The highest BCUT2D eigenvalue weighted by Crippen LogP contribution is 2.06. The number of nitrogens with zero attached hydrogens (tertiary/aromatic N) is 1. The molecule has 0 aliphatic carbocycles. The van der Waals surface area contributed by atoms with Crippen molar-refractivity contribution in [1.29, 1.82) is 0 Å². The molecule has 0 fully saturated rings. The Balaban J connectivity index is 2.41. The molecule has 0 spiro atoms. The Morgan fingerprint density at radius 3 is 2.55 bits per heavy atom. The molecule has 0 aliphatic heterocycles. The summed E-state index contributed by atoms with van der Waals surface area (Å²) in [4.78, 5) is 16.1. The van der Waals surface area contributed by atoms with Crippen LogP contribution < -0.4 is 15.4 Å². The van der Waals surface area contributed by atoms with Crippen molar-refractivity contribution < 1.29 is 9.53 Å². The minimum Gasteiger partial charge on any atom is -0.481 e. The van der Waals surface area contributed by atoms with Crippen LogP contribution in [0.1, 0.15) is 39.2 Å². The van der Waals surface area contributed by atoms with Crippen LogP contribution in [-0.4, -0.2) is 30.1 Å². The molecule has 1 atom stereocenters. The number of hydrogen-bond acceptors (Lipinski definition) is 4. The zero-order valence-electron chi connectivity index (χ0n) is 12.8. The molecule has 1 heterocycles. The number of hydrogen-bond donors (Lipinski definition) is 2. The van der Waals surface area contributed by atoms with Gasteiger partial charge < -0.3 is 15.4 Å². The molecule has 5 heteroatoms. The molecule has 1 amide bonds. The summed E-state index contributed by atoms with van der Waals surface area (Å²) in [7, 11) is 1.59. The van der Waals surface area contributed by atoms with Gasteiger partial charge in [0.2, 0.25) is 11.8 Å². The average Bonchev–Trinajstić information content (AvgIpc) is 2.50. The molecule has 0 saturated carbocycles. The third-order valence-corrected chi connectivity index (χ3v) is 3.34. The predicted molar refractivity (Wildman–Crippen MR) is 79.6 cm³/mol. The molecule has 112 valence electrons. The lowest BCUT2D eigenvalue weighted by atomic mass is 10.1. The second kappa shape index (κ2) is 8.53. The first-order valence-electron chi connectivity index (χ1n) is 7.13. The summed E-state index contributed by atoms with van der Waals surface area (Å²) in [6.45, 7) is 6.63. The van der Waals surface area contributed by atoms with Gasteiger partial charge in [0, 0.05) is 24.8 Å². The van der Waals surface area contributed by atoms with E-state index in [1.165, 1.54) is 0 Å². The van der Waals surface area contributed by atoms with Gasteiger partial charge in [-0.3, -0.25) is 4.79 Å². The summed E-state index contributed by atoms with van der Waals surface area (Å²) < 4.78 is 5.01. The van der Waals surface area contributed by atoms with E-state index >= 15 is 0 Å². The molecular weight excluding hydrogens is 254 g/mol. The zero-order valence-corrected chi connectivity index (χ0v) is 12.8. The van der Waals surface area contributed by atoms with Crippen LogP contribution in [0.2, 0.25) is 0 Å². The first-order valence-corrected chi connectivity index (χ1v) is 7.13. The molecule has 20 heavy (non-hydrogen) atoms. The molecule has 0 bridgehead atoms. The number of nitrogens with one attached hydrogen (secondary N) is 2. The van der Waals surface area contributed by atoms with Crippen molar-refractivity contribution in [2.24, 2.45) is 0 Å². The first-order chi connectivity index (χ1) is 9.60. The summed E-state index contributed by atoms with van der Waals surface area (Å²) >= 11 is 0. The summed E-state index contributed by atoms with van der Waals surface area (Å²) in [6, 6.07) is 3.78. The van der Waals surface area contributed by atoms with E-state index in [0.29, 0.717) is 12.4 Å². The fraction of sp³-hybridized carbons (Fsp3) is 0.600. The van der Waals surface area contributed by atoms with Crippen LogP contribution in [-0.2, 0) is 11.3 Å². The number of carbonyl (C=O) groups is 1. The lowest BCUT2D eigenvalue weighted by Crippen LogP contribution is -2.45. The van der Waals surface area contributed by atoms with E-state index in [2.05, 4.69) is 29.5 Å². The van der Waals surface area contributed by atoms with Gasteiger partial charge in [-0.15, -0.1) is 0 Å². The number of pyridine rings is 1. The van der Waals surface area contributed by atoms with Crippen LogP contribution in [0.15, 0.2) is 18.3 Å². The highest BCUT2D eigenvalue weighted by atomic mass is 16.5. The van der Waals surface area contributed by atoms with E-state index < -0.39 is 0 Å². The van der Waals surface area contributed by atoms with Crippen LogP contribution in [0.25, 0.3) is 0 Å². The van der Waals surface area contributed by atoms with Gasteiger partial charge in [-0.1, -0.05) is 19.9 Å². The molecule has 2 N–H and O–H groups in total. The molecular formula is C15H25N3O2. The third kappa shape index (κ3) is 5.17. The second-order valence-electron chi connectivity index (χ2n) is 4.83. The second-order valence-corrected chi connectivity index (χ2v) is 4.83. The summed E-state index contributed by atoms with van der Waals surface area (Å²) in [6.07, 6.45) is 3.66. The van der Waals surface area contributed by atoms with Crippen LogP contribution in [0.3, 0.4) is 0 Å². The SMILES string of the molecule is CCC(CC)NC(=O)C(C)NCc1ccc(OC)nc1. The topological polar surface area (TPSA) is 63.2 Å². The van der Waals surface area contributed by atoms with E-state index in [1.54, 1.807) is 13.3 Å². The van der Waals surface area contributed by atoms with Crippen molar-refractivity contribution in [1.82, 2.24) is 15.6 Å². The average molecular weight is 279 g/mol. The predicted octanol–water partition coefficient (Wildman–Crippen LogP) is 1.87. The maximum absolute atomic E-state index is 12.0. The summed E-state index contributed by atoms with van der Waals surface area (Å²) in [5, 5.41) is 6.23. The maximum atomic E-state index is 12.0. The zero-order chi connectivity index (χ0) is 15.0. The number of methoxy groups -OCH3 is 1. The summed E-state index contributed by atoms with van der Waals surface area (Å²) in [5.74, 6) is 0.633. The monoisotopic (exact) mass is 279 g/mol. The van der Waals surface area contributed by atoms with Gasteiger partial charge in [-0.25, -0.2) is 4.98 Å². The molecule has 5 nitrogen and oxygen atoms in total. The summed E-state index contributed by atoms with van der Waals surface area (Å²) in [5.41, 5.74) is 1.02. The van der Waals surface area contributed by atoms with Crippen LogP contribution in [0, 0.1) is 0 Å². The number of amides is 1. The van der Waals surface area contributed by atoms with E-state index in [0.717, 1.165) is 18.4 Å². The van der Waals surface area contributed by atoms with E-state index in [9.17, 15) is 4.79 Å². The lowest BCUT2D eigenvalue weighted by molar-refractivity contribution is -0.123. The Hall–Kier alpha value is -1.62. The molecule has 0 radical (unpaired) electrons. The molecule has 0 aromatic carbocycles. The third-order valence-electron chi connectivity index (χ3n) is 3.34. The Bertz CT molecular complexity index is 402. The van der Waals surface area contributed by atoms with Crippen molar-refractivity contribution >= 4 is 5.91 Å². The number of aromatic nitrogens is 1. The Labute approximate surface area is 121 Å². The molecule has 1 unspecified atom stereocenters. The van der Waals surface area contributed by atoms with Crippen LogP contribution in [0.4, 0.5) is 0 Å². The maximum Gasteiger partial charge on any atom is 0.237 e. The molecule has 1 aromatic heterocycles. The van der Waals surface area contributed by atoms with Crippen LogP contribution in [0.5, 0.6) is 5.88 Å². The number of carbonyl (C=O) groups excluding carboxylic acids is 1. The fourth-order valence-corrected chi connectivity index (χ4v) is 1.82. The Morgan fingerprint density at radius 1 is 1.35 bits per heavy atom. The van der Waals surface area contributed by atoms with Gasteiger partial charge in [0.25, 0.3) is 0 Å². The van der Waals surface area contributed by atoms with E-state index in [4.69, 9.17) is 4.74 Å². The highest BCUT2D eigenvalue weighted by molar-refractivity contribution is 5.81. The Morgan fingerprint density at radius 2 is 2.05 bits per heavy atom. The Kier molecular flexibility index (Phi) is 7.01. The van der Waals surface area contributed by atoms with Gasteiger partial charge >= 0.3 is 0 Å². The van der Waals surface area contributed by atoms with Crippen molar-refractivity contribution in [3.8, 4) is 5.88 Å². The van der Waals surface area contributed by atoms with Crippen LogP contribution >= 0.6 is 0 Å². The molecule has 0 saturated heterocycles. The van der Waals surface area contributed by atoms with E-state index in [-0.39, 0.29) is 18.0 Å². The van der Waals surface area contributed by atoms with Crippen molar-refractivity contribution in [3.05, 3.63) is 23.9 Å². The standard InChI is InChI=1S/C15H25N3O2/c1-5-13(6-2)18-15(19)11(3)16-9-12-7-8-14(20-4)17-10-12/h7-8,10-11,13,16H,5-6,9H2,1-4H3,(H,18,19). The molecule has 1 rings (SSSR count). The van der Waals surface area contributed by atoms with Crippen molar-refractivity contribution in [2.45, 2.75) is 52.2 Å².